The normalized spacial score (nSPS) is 10.3. The average Bonchev–Trinajstić information content (AvgIpc) is 2.42. The van der Waals surface area contributed by atoms with Crippen molar-refractivity contribution in [3.8, 4) is 0 Å². The standard InChI is InChI=1S/C16H25NO2/c18-16(19)17-14-10-5-3-1-2-4-7-11-15-12-8-6-9-13-15/h6,8-9,12-13,17H,1-5,7,10-11,14H2,(H,18,19). The minimum absolute atomic E-state index is 0.587. The van der Waals surface area contributed by atoms with E-state index < -0.39 is 6.09 Å². The minimum Gasteiger partial charge on any atom is -0.465 e. The maximum Gasteiger partial charge on any atom is 0.404 e. The molecule has 0 radical (unpaired) electrons. The fourth-order valence-electron chi connectivity index (χ4n) is 2.18. The molecular weight excluding hydrogens is 238 g/mol. The molecule has 3 nitrogen and oxygen atoms in total. The van der Waals surface area contributed by atoms with Crippen LogP contribution in [0.3, 0.4) is 0 Å². The third-order valence-electron chi connectivity index (χ3n) is 3.26. The van der Waals surface area contributed by atoms with Gasteiger partial charge in [-0.1, -0.05) is 62.4 Å². The first-order chi connectivity index (χ1) is 9.29. The Hall–Kier alpha value is -1.51. The van der Waals surface area contributed by atoms with Crippen LogP contribution < -0.4 is 5.32 Å². The summed E-state index contributed by atoms with van der Waals surface area (Å²) in [5.41, 5.74) is 1.43. The molecule has 1 aromatic carbocycles. The number of hydrogen-bond acceptors (Lipinski definition) is 1. The van der Waals surface area contributed by atoms with E-state index in [4.69, 9.17) is 5.11 Å². The highest BCUT2D eigenvalue weighted by Gasteiger charge is 1.95. The number of rotatable bonds is 10. The van der Waals surface area contributed by atoms with Crippen LogP contribution in [0.4, 0.5) is 4.79 Å². The lowest BCUT2D eigenvalue weighted by Gasteiger charge is -2.03. The lowest BCUT2D eigenvalue weighted by atomic mass is 10.0. The van der Waals surface area contributed by atoms with Gasteiger partial charge in [0.1, 0.15) is 0 Å². The van der Waals surface area contributed by atoms with Gasteiger partial charge in [0, 0.05) is 6.54 Å². The van der Waals surface area contributed by atoms with Crippen molar-refractivity contribution in [2.24, 2.45) is 0 Å². The van der Waals surface area contributed by atoms with Gasteiger partial charge in [0.05, 0.1) is 0 Å². The molecule has 0 unspecified atom stereocenters. The highest BCUT2D eigenvalue weighted by atomic mass is 16.4. The minimum atomic E-state index is -0.916. The Kier molecular flexibility index (Phi) is 8.52. The zero-order valence-electron chi connectivity index (χ0n) is 11.6. The quantitative estimate of drug-likeness (QED) is 0.621. The van der Waals surface area contributed by atoms with Crippen LogP contribution in [0, 0.1) is 0 Å². The van der Waals surface area contributed by atoms with E-state index in [1.165, 1.54) is 44.1 Å². The molecule has 0 saturated heterocycles. The average molecular weight is 263 g/mol. The van der Waals surface area contributed by atoms with Crippen LogP contribution in [0.1, 0.15) is 50.5 Å². The molecule has 0 aliphatic carbocycles. The van der Waals surface area contributed by atoms with E-state index in [0.717, 1.165) is 12.8 Å². The lowest BCUT2D eigenvalue weighted by molar-refractivity contribution is 0.194. The molecule has 0 spiro atoms. The van der Waals surface area contributed by atoms with E-state index in [-0.39, 0.29) is 0 Å². The smallest absolute Gasteiger partial charge is 0.404 e. The van der Waals surface area contributed by atoms with Crippen molar-refractivity contribution < 1.29 is 9.90 Å². The first-order valence-corrected chi connectivity index (χ1v) is 7.30. The fraction of sp³-hybridized carbons (Fsp3) is 0.562. The molecule has 0 saturated carbocycles. The summed E-state index contributed by atoms with van der Waals surface area (Å²) in [6.07, 6.45) is 8.68. The zero-order chi connectivity index (χ0) is 13.8. The molecule has 0 atom stereocenters. The van der Waals surface area contributed by atoms with E-state index in [2.05, 4.69) is 35.6 Å². The first-order valence-electron chi connectivity index (χ1n) is 7.30. The van der Waals surface area contributed by atoms with E-state index >= 15 is 0 Å². The molecule has 0 aromatic heterocycles. The maximum atomic E-state index is 10.2. The monoisotopic (exact) mass is 263 g/mol. The van der Waals surface area contributed by atoms with Gasteiger partial charge in [0.25, 0.3) is 0 Å². The number of unbranched alkanes of at least 4 members (excludes halogenated alkanes) is 6. The van der Waals surface area contributed by atoms with Crippen LogP contribution in [0.15, 0.2) is 30.3 Å². The van der Waals surface area contributed by atoms with Gasteiger partial charge in [0.15, 0.2) is 0 Å². The summed E-state index contributed by atoms with van der Waals surface area (Å²) in [5, 5.41) is 10.8. The van der Waals surface area contributed by atoms with Crippen molar-refractivity contribution >= 4 is 6.09 Å². The molecule has 1 aromatic rings. The molecule has 3 heteroatoms. The summed E-state index contributed by atoms with van der Waals surface area (Å²) in [7, 11) is 0. The van der Waals surface area contributed by atoms with Crippen molar-refractivity contribution in [2.75, 3.05) is 6.54 Å². The van der Waals surface area contributed by atoms with Gasteiger partial charge in [-0.3, -0.25) is 0 Å². The Morgan fingerprint density at radius 1 is 0.895 bits per heavy atom. The fourth-order valence-corrected chi connectivity index (χ4v) is 2.18. The largest absolute Gasteiger partial charge is 0.465 e. The van der Waals surface area contributed by atoms with Gasteiger partial charge in [-0.25, -0.2) is 4.79 Å². The van der Waals surface area contributed by atoms with Gasteiger partial charge in [0.2, 0.25) is 0 Å². The molecule has 0 aliphatic heterocycles. The second kappa shape index (κ2) is 10.4. The summed E-state index contributed by atoms with van der Waals surface area (Å²) in [5.74, 6) is 0. The Bertz CT molecular complexity index is 338. The van der Waals surface area contributed by atoms with Crippen molar-refractivity contribution in [1.82, 2.24) is 5.32 Å². The van der Waals surface area contributed by atoms with Crippen LogP contribution in [0.2, 0.25) is 0 Å². The number of benzene rings is 1. The third-order valence-corrected chi connectivity index (χ3v) is 3.26. The van der Waals surface area contributed by atoms with Gasteiger partial charge in [-0.15, -0.1) is 0 Å². The van der Waals surface area contributed by atoms with Crippen molar-refractivity contribution in [1.29, 1.82) is 0 Å². The number of carbonyl (C=O) groups is 1. The summed E-state index contributed by atoms with van der Waals surface area (Å²) in [6.45, 7) is 0.587. The molecular formula is C16H25NO2. The molecule has 106 valence electrons. The Labute approximate surface area is 116 Å². The number of hydrogen-bond donors (Lipinski definition) is 2. The lowest BCUT2D eigenvalue weighted by Crippen LogP contribution is -2.21. The summed E-state index contributed by atoms with van der Waals surface area (Å²) >= 11 is 0. The third kappa shape index (κ3) is 9.11. The predicted molar refractivity (Wildman–Crippen MR) is 78.5 cm³/mol. The highest BCUT2D eigenvalue weighted by Crippen LogP contribution is 2.10. The van der Waals surface area contributed by atoms with Crippen molar-refractivity contribution in [3.63, 3.8) is 0 Å². The van der Waals surface area contributed by atoms with Gasteiger partial charge < -0.3 is 10.4 Å². The Morgan fingerprint density at radius 2 is 1.47 bits per heavy atom. The molecule has 0 heterocycles. The molecule has 1 rings (SSSR count). The predicted octanol–water partition coefficient (Wildman–Crippen LogP) is 4.23. The van der Waals surface area contributed by atoms with Gasteiger partial charge in [-0.05, 0) is 24.8 Å². The van der Waals surface area contributed by atoms with E-state index in [1.807, 2.05) is 0 Å². The number of nitrogens with one attached hydrogen (secondary N) is 1. The topological polar surface area (TPSA) is 49.3 Å². The summed E-state index contributed by atoms with van der Waals surface area (Å²) in [4.78, 5) is 10.2. The van der Waals surface area contributed by atoms with Crippen LogP contribution in [-0.4, -0.2) is 17.7 Å². The highest BCUT2D eigenvalue weighted by molar-refractivity contribution is 5.64. The van der Waals surface area contributed by atoms with E-state index in [9.17, 15) is 4.79 Å². The molecule has 0 bridgehead atoms. The van der Waals surface area contributed by atoms with Gasteiger partial charge >= 0.3 is 6.09 Å². The van der Waals surface area contributed by atoms with Crippen molar-refractivity contribution in [2.45, 2.75) is 51.4 Å². The van der Waals surface area contributed by atoms with E-state index in [1.54, 1.807) is 0 Å². The number of amides is 1. The van der Waals surface area contributed by atoms with Crippen LogP contribution >= 0.6 is 0 Å². The van der Waals surface area contributed by atoms with Crippen LogP contribution in [-0.2, 0) is 6.42 Å². The second-order valence-corrected chi connectivity index (χ2v) is 4.94. The molecule has 2 N–H and O–H groups in total. The summed E-state index contributed by atoms with van der Waals surface area (Å²) in [6, 6.07) is 10.6. The number of carboxylic acid groups (broad SMARTS) is 1. The Morgan fingerprint density at radius 3 is 2.11 bits per heavy atom. The maximum absolute atomic E-state index is 10.2. The zero-order valence-corrected chi connectivity index (χ0v) is 11.6. The summed E-state index contributed by atoms with van der Waals surface area (Å²) < 4.78 is 0. The second-order valence-electron chi connectivity index (χ2n) is 4.94. The van der Waals surface area contributed by atoms with Crippen LogP contribution in [0.25, 0.3) is 0 Å². The number of aryl methyl sites for hydroxylation is 1. The van der Waals surface area contributed by atoms with Gasteiger partial charge in [-0.2, -0.15) is 0 Å². The van der Waals surface area contributed by atoms with E-state index in [0.29, 0.717) is 6.54 Å². The molecule has 1 amide bonds. The molecule has 0 aliphatic rings. The first kappa shape index (κ1) is 15.5. The SMILES string of the molecule is O=C(O)NCCCCCCCCCc1ccccc1. The van der Waals surface area contributed by atoms with Crippen molar-refractivity contribution in [3.05, 3.63) is 35.9 Å². The van der Waals surface area contributed by atoms with Crippen LogP contribution in [0.5, 0.6) is 0 Å². The Balaban J connectivity index is 1.83. The molecule has 19 heavy (non-hydrogen) atoms. The molecule has 0 fully saturated rings.